The predicted molar refractivity (Wildman–Crippen MR) is 85.3 cm³/mol. The van der Waals surface area contributed by atoms with Gasteiger partial charge in [0.25, 0.3) is 0 Å². The van der Waals surface area contributed by atoms with Crippen LogP contribution >= 0.6 is 15.9 Å². The van der Waals surface area contributed by atoms with Gasteiger partial charge in [-0.05, 0) is 66.8 Å². The van der Waals surface area contributed by atoms with Crippen LogP contribution in [0, 0.1) is 26.6 Å². The Hall–Kier alpha value is -1.19. The van der Waals surface area contributed by atoms with Crippen LogP contribution in [0.3, 0.4) is 0 Å². The van der Waals surface area contributed by atoms with E-state index in [1.54, 1.807) is 12.1 Å². The zero-order valence-electron chi connectivity index (χ0n) is 12.1. The van der Waals surface area contributed by atoms with Gasteiger partial charge in [-0.2, -0.15) is 0 Å². The lowest BCUT2D eigenvalue weighted by atomic mass is 10.0. The Bertz CT molecular complexity index is 623. The molecule has 0 heterocycles. The summed E-state index contributed by atoms with van der Waals surface area (Å²) in [6, 6.07) is 9.20. The van der Waals surface area contributed by atoms with Crippen LogP contribution in [-0.4, -0.2) is 0 Å². The third kappa shape index (κ3) is 3.68. The third-order valence-corrected chi connectivity index (χ3v) is 4.36. The summed E-state index contributed by atoms with van der Waals surface area (Å²) in [5, 5.41) is 3.38. The van der Waals surface area contributed by atoms with Gasteiger partial charge >= 0.3 is 0 Å². The molecule has 0 aliphatic rings. The normalized spacial score (nSPS) is 10.8. The maximum atomic E-state index is 13.2. The van der Waals surface area contributed by atoms with Gasteiger partial charge in [0.05, 0.1) is 0 Å². The number of rotatable bonds is 4. The highest BCUT2D eigenvalue weighted by Gasteiger charge is 2.04. The van der Waals surface area contributed by atoms with Gasteiger partial charge < -0.3 is 5.32 Å². The van der Waals surface area contributed by atoms with Gasteiger partial charge in [0.2, 0.25) is 0 Å². The number of aryl methyl sites for hydroxylation is 3. The molecule has 0 aliphatic carbocycles. The first-order valence-electron chi connectivity index (χ1n) is 6.68. The highest BCUT2D eigenvalue weighted by Crippen LogP contribution is 2.18. The van der Waals surface area contributed by atoms with E-state index in [1.807, 2.05) is 0 Å². The zero-order chi connectivity index (χ0) is 14.7. The lowest BCUT2D eigenvalue weighted by Crippen LogP contribution is -2.14. The monoisotopic (exact) mass is 335 g/mol. The Kier molecular flexibility index (Phi) is 4.95. The minimum atomic E-state index is -0.202. The van der Waals surface area contributed by atoms with Crippen LogP contribution in [0.2, 0.25) is 0 Å². The van der Waals surface area contributed by atoms with Gasteiger partial charge in [-0.1, -0.05) is 28.1 Å². The summed E-state index contributed by atoms with van der Waals surface area (Å²) in [7, 11) is 0. The molecule has 0 spiro atoms. The van der Waals surface area contributed by atoms with Crippen molar-refractivity contribution in [2.45, 2.75) is 33.9 Å². The molecule has 0 unspecified atom stereocenters. The van der Waals surface area contributed by atoms with Crippen molar-refractivity contribution in [2.24, 2.45) is 0 Å². The number of hydrogen-bond acceptors (Lipinski definition) is 1. The number of hydrogen-bond donors (Lipinski definition) is 1. The van der Waals surface area contributed by atoms with E-state index in [9.17, 15) is 4.39 Å². The molecule has 0 aromatic heterocycles. The molecule has 20 heavy (non-hydrogen) atoms. The van der Waals surface area contributed by atoms with Crippen molar-refractivity contribution in [1.82, 2.24) is 5.32 Å². The molecule has 0 aliphatic heterocycles. The van der Waals surface area contributed by atoms with E-state index >= 15 is 0 Å². The second kappa shape index (κ2) is 6.51. The second-order valence-electron chi connectivity index (χ2n) is 5.20. The predicted octanol–water partition coefficient (Wildman–Crippen LogP) is 4.80. The van der Waals surface area contributed by atoms with Crippen molar-refractivity contribution in [3.05, 3.63) is 68.4 Å². The average Bonchev–Trinajstić information content (AvgIpc) is 2.39. The summed E-state index contributed by atoms with van der Waals surface area (Å²) in [6.07, 6.45) is 0. The molecule has 0 saturated carbocycles. The summed E-state index contributed by atoms with van der Waals surface area (Å²) >= 11 is 3.45. The largest absolute Gasteiger partial charge is 0.309 e. The van der Waals surface area contributed by atoms with Crippen molar-refractivity contribution in [1.29, 1.82) is 0 Å². The van der Waals surface area contributed by atoms with E-state index in [2.05, 4.69) is 54.2 Å². The quantitative estimate of drug-likeness (QED) is 0.845. The number of benzene rings is 2. The smallest absolute Gasteiger partial charge is 0.123 e. The molecular weight excluding hydrogens is 317 g/mol. The first-order valence-corrected chi connectivity index (χ1v) is 7.48. The lowest BCUT2D eigenvalue weighted by Gasteiger charge is -2.12. The second-order valence-corrected chi connectivity index (χ2v) is 6.06. The fourth-order valence-corrected chi connectivity index (χ4v) is 2.61. The van der Waals surface area contributed by atoms with Crippen molar-refractivity contribution in [3.63, 3.8) is 0 Å². The van der Waals surface area contributed by atoms with E-state index in [0.717, 1.165) is 16.6 Å². The molecule has 3 heteroatoms. The number of halogens is 2. The summed E-state index contributed by atoms with van der Waals surface area (Å²) in [5.41, 5.74) is 6.14. The van der Waals surface area contributed by atoms with Crippen molar-refractivity contribution in [2.75, 3.05) is 0 Å². The van der Waals surface area contributed by atoms with Gasteiger partial charge in [-0.15, -0.1) is 0 Å². The summed E-state index contributed by atoms with van der Waals surface area (Å²) < 4.78 is 14.1. The van der Waals surface area contributed by atoms with Gasteiger partial charge in [0.15, 0.2) is 0 Å². The van der Waals surface area contributed by atoms with E-state index in [-0.39, 0.29) is 5.82 Å². The lowest BCUT2D eigenvalue weighted by molar-refractivity contribution is 0.619. The molecule has 2 aromatic rings. The van der Waals surface area contributed by atoms with E-state index < -0.39 is 0 Å². The molecule has 0 amide bonds. The Labute approximate surface area is 128 Å². The molecule has 2 aromatic carbocycles. The summed E-state index contributed by atoms with van der Waals surface area (Å²) in [5.74, 6) is -0.202. The first kappa shape index (κ1) is 15.2. The van der Waals surface area contributed by atoms with Gasteiger partial charge in [0, 0.05) is 17.6 Å². The summed E-state index contributed by atoms with van der Waals surface area (Å²) in [4.78, 5) is 0. The molecule has 1 N–H and O–H groups in total. The highest BCUT2D eigenvalue weighted by molar-refractivity contribution is 9.10. The maximum Gasteiger partial charge on any atom is 0.123 e. The zero-order valence-corrected chi connectivity index (χ0v) is 13.6. The minimum absolute atomic E-state index is 0.202. The van der Waals surface area contributed by atoms with Crippen LogP contribution in [0.15, 0.2) is 34.8 Å². The third-order valence-electron chi connectivity index (χ3n) is 3.59. The molecule has 1 nitrogen and oxygen atoms in total. The van der Waals surface area contributed by atoms with E-state index in [1.165, 1.54) is 28.3 Å². The Morgan fingerprint density at radius 3 is 2.30 bits per heavy atom. The fourth-order valence-electron chi connectivity index (χ4n) is 2.22. The molecule has 106 valence electrons. The topological polar surface area (TPSA) is 12.0 Å². The Morgan fingerprint density at radius 1 is 0.900 bits per heavy atom. The van der Waals surface area contributed by atoms with Crippen LogP contribution < -0.4 is 5.32 Å². The highest BCUT2D eigenvalue weighted by atomic mass is 79.9. The van der Waals surface area contributed by atoms with Crippen LogP contribution in [0.5, 0.6) is 0 Å². The van der Waals surface area contributed by atoms with Gasteiger partial charge in [0.1, 0.15) is 5.82 Å². The molecule has 0 bridgehead atoms. The maximum absolute atomic E-state index is 13.2. The molecular formula is C17H19BrFN. The minimum Gasteiger partial charge on any atom is -0.309 e. The molecule has 0 atom stereocenters. The van der Waals surface area contributed by atoms with Crippen molar-refractivity contribution in [3.8, 4) is 0 Å². The van der Waals surface area contributed by atoms with Crippen LogP contribution in [-0.2, 0) is 13.1 Å². The molecule has 2 rings (SSSR count). The standard InChI is InChI=1S/C17H19BrFN/c1-11-6-13(3)14(7-12(11)2)9-20-10-15-8-16(19)4-5-17(15)18/h4-8,20H,9-10H2,1-3H3. The summed E-state index contributed by atoms with van der Waals surface area (Å²) in [6.45, 7) is 7.81. The molecule has 0 saturated heterocycles. The van der Waals surface area contributed by atoms with Gasteiger partial charge in [-0.25, -0.2) is 4.39 Å². The number of nitrogens with one attached hydrogen (secondary N) is 1. The van der Waals surface area contributed by atoms with Gasteiger partial charge in [-0.3, -0.25) is 0 Å². The molecule has 0 fully saturated rings. The Balaban J connectivity index is 2.03. The SMILES string of the molecule is Cc1cc(C)c(CNCc2cc(F)ccc2Br)cc1C. The average molecular weight is 336 g/mol. The van der Waals surface area contributed by atoms with Crippen LogP contribution in [0.1, 0.15) is 27.8 Å². The Morgan fingerprint density at radius 2 is 1.55 bits per heavy atom. The van der Waals surface area contributed by atoms with E-state index in [4.69, 9.17) is 0 Å². The van der Waals surface area contributed by atoms with Crippen molar-refractivity contribution < 1.29 is 4.39 Å². The molecule has 0 radical (unpaired) electrons. The van der Waals surface area contributed by atoms with Crippen LogP contribution in [0.4, 0.5) is 4.39 Å². The van der Waals surface area contributed by atoms with Crippen LogP contribution in [0.25, 0.3) is 0 Å². The first-order chi connectivity index (χ1) is 9.47. The fraction of sp³-hybridized carbons (Fsp3) is 0.294. The van der Waals surface area contributed by atoms with Crippen molar-refractivity contribution >= 4 is 15.9 Å². The van der Waals surface area contributed by atoms with E-state index in [0.29, 0.717) is 6.54 Å².